The highest BCUT2D eigenvalue weighted by molar-refractivity contribution is 5.82. The smallest absolute Gasteiger partial charge is 0.226 e. The predicted molar refractivity (Wildman–Crippen MR) is 105 cm³/mol. The van der Waals surface area contributed by atoms with Gasteiger partial charge in [0, 0.05) is 38.6 Å². The van der Waals surface area contributed by atoms with Crippen LogP contribution in [0.25, 0.3) is 0 Å². The topological polar surface area (TPSA) is 42.0 Å². The van der Waals surface area contributed by atoms with Crippen LogP contribution in [-0.2, 0) is 4.79 Å². The van der Waals surface area contributed by atoms with Gasteiger partial charge in [-0.05, 0) is 43.2 Å². The second-order valence-corrected chi connectivity index (χ2v) is 8.16. The largest absolute Gasteiger partial charge is 0.493 e. The lowest BCUT2D eigenvalue weighted by Gasteiger charge is -2.35. The predicted octanol–water partition coefficient (Wildman–Crippen LogP) is 3.04. The van der Waals surface area contributed by atoms with Crippen LogP contribution < -0.4 is 9.47 Å². The fourth-order valence-electron chi connectivity index (χ4n) is 4.97. The van der Waals surface area contributed by atoms with Crippen molar-refractivity contribution in [2.45, 2.75) is 32.1 Å². The van der Waals surface area contributed by atoms with Crippen molar-refractivity contribution in [3.63, 3.8) is 0 Å². The lowest BCUT2D eigenvalue weighted by atomic mass is 10.0. The minimum Gasteiger partial charge on any atom is -0.493 e. The maximum Gasteiger partial charge on any atom is 0.226 e. The molecule has 1 saturated heterocycles. The highest BCUT2D eigenvalue weighted by atomic mass is 16.5. The van der Waals surface area contributed by atoms with Gasteiger partial charge in [0.2, 0.25) is 5.91 Å². The van der Waals surface area contributed by atoms with E-state index in [0.717, 1.165) is 62.5 Å². The van der Waals surface area contributed by atoms with Crippen LogP contribution in [-0.4, -0.2) is 62.1 Å². The van der Waals surface area contributed by atoms with E-state index in [2.05, 4.69) is 9.80 Å². The number of ether oxygens (including phenoxy) is 2. The third-order valence-corrected chi connectivity index (χ3v) is 6.57. The Hall–Kier alpha value is -1.75. The van der Waals surface area contributed by atoms with Crippen LogP contribution in [0.2, 0.25) is 0 Å². The number of amides is 1. The van der Waals surface area contributed by atoms with E-state index < -0.39 is 0 Å². The van der Waals surface area contributed by atoms with Crippen molar-refractivity contribution in [3.05, 3.63) is 24.3 Å². The molecule has 3 aliphatic rings. The number of fused-ring (bicyclic) bond motifs is 1. The normalized spacial score (nSPS) is 27.7. The van der Waals surface area contributed by atoms with Crippen molar-refractivity contribution in [2.75, 3.05) is 46.4 Å². The van der Waals surface area contributed by atoms with Gasteiger partial charge in [-0.15, -0.1) is 0 Å². The zero-order valence-corrected chi connectivity index (χ0v) is 16.4. The van der Waals surface area contributed by atoms with Crippen LogP contribution in [0.4, 0.5) is 0 Å². The summed E-state index contributed by atoms with van der Waals surface area (Å²) in [6.45, 7) is 5.46. The van der Waals surface area contributed by atoms with Crippen LogP contribution in [0.5, 0.6) is 11.5 Å². The number of carbonyl (C=O) groups excluding carboxylic acids is 1. The van der Waals surface area contributed by atoms with Gasteiger partial charge in [-0.1, -0.05) is 25.0 Å². The van der Waals surface area contributed by atoms with E-state index in [0.29, 0.717) is 18.4 Å². The Labute approximate surface area is 162 Å². The first-order chi connectivity index (χ1) is 13.3. The van der Waals surface area contributed by atoms with E-state index in [1.807, 2.05) is 24.3 Å². The summed E-state index contributed by atoms with van der Waals surface area (Å²) < 4.78 is 11.2. The maximum absolute atomic E-state index is 12.8. The monoisotopic (exact) mass is 372 g/mol. The average molecular weight is 373 g/mol. The molecule has 5 heteroatoms. The third kappa shape index (κ3) is 4.23. The molecule has 0 bridgehead atoms. The molecular formula is C22H32N2O3. The minimum absolute atomic E-state index is 0.369. The molecule has 1 unspecified atom stereocenters. The molecule has 4 rings (SSSR count). The number of carbonyl (C=O) groups is 1. The molecule has 148 valence electrons. The minimum atomic E-state index is 0.369. The van der Waals surface area contributed by atoms with E-state index in [-0.39, 0.29) is 0 Å². The van der Waals surface area contributed by atoms with E-state index >= 15 is 0 Å². The SMILES string of the molecule is COc1ccccc1OCCCN1CCN(C(=O)C2[C@H]3CCCC[C@@H]23)CC1. The molecule has 2 aliphatic carbocycles. The molecule has 0 radical (unpaired) electrons. The number of piperazine rings is 1. The lowest BCUT2D eigenvalue weighted by molar-refractivity contribution is -0.135. The molecule has 2 saturated carbocycles. The van der Waals surface area contributed by atoms with Gasteiger partial charge >= 0.3 is 0 Å². The lowest BCUT2D eigenvalue weighted by Crippen LogP contribution is -2.49. The Bertz CT molecular complexity index is 630. The second kappa shape index (κ2) is 8.51. The molecule has 5 nitrogen and oxygen atoms in total. The van der Waals surface area contributed by atoms with Gasteiger partial charge in [0.05, 0.1) is 13.7 Å². The number of hydrogen-bond acceptors (Lipinski definition) is 4. The van der Waals surface area contributed by atoms with Gasteiger partial charge in [-0.3, -0.25) is 9.69 Å². The Kier molecular flexibility index (Phi) is 5.86. The first-order valence-electron chi connectivity index (χ1n) is 10.5. The molecule has 0 aromatic heterocycles. The number of hydrogen-bond donors (Lipinski definition) is 0. The Balaban J connectivity index is 1.14. The Morgan fingerprint density at radius 1 is 1.04 bits per heavy atom. The highest BCUT2D eigenvalue weighted by Crippen LogP contribution is 2.56. The molecule has 3 fully saturated rings. The van der Waals surface area contributed by atoms with Crippen molar-refractivity contribution in [2.24, 2.45) is 17.8 Å². The van der Waals surface area contributed by atoms with Gasteiger partial charge in [0.15, 0.2) is 11.5 Å². The molecular weight excluding hydrogens is 340 g/mol. The standard InChI is InChI=1S/C22H32N2O3/c1-26-19-9-4-5-10-20(19)27-16-6-11-23-12-14-24(15-13-23)22(25)21-17-7-2-3-8-18(17)21/h4-5,9-10,17-18,21H,2-3,6-8,11-16H2,1H3/t17-,18+,21?. The highest BCUT2D eigenvalue weighted by Gasteiger charge is 2.55. The van der Waals surface area contributed by atoms with Crippen molar-refractivity contribution >= 4 is 5.91 Å². The van der Waals surface area contributed by atoms with Crippen molar-refractivity contribution < 1.29 is 14.3 Å². The molecule has 27 heavy (non-hydrogen) atoms. The van der Waals surface area contributed by atoms with Crippen LogP contribution in [0.1, 0.15) is 32.1 Å². The first-order valence-corrected chi connectivity index (χ1v) is 10.5. The summed E-state index contributed by atoms with van der Waals surface area (Å²) in [5, 5.41) is 0. The van der Waals surface area contributed by atoms with E-state index in [9.17, 15) is 4.79 Å². The van der Waals surface area contributed by atoms with Gasteiger partial charge in [0.25, 0.3) is 0 Å². The maximum atomic E-state index is 12.8. The third-order valence-electron chi connectivity index (χ3n) is 6.57. The van der Waals surface area contributed by atoms with Gasteiger partial charge < -0.3 is 14.4 Å². The number of methoxy groups -OCH3 is 1. The molecule has 1 aromatic rings. The fraction of sp³-hybridized carbons (Fsp3) is 0.682. The summed E-state index contributed by atoms with van der Waals surface area (Å²) in [5.41, 5.74) is 0. The summed E-state index contributed by atoms with van der Waals surface area (Å²) in [4.78, 5) is 17.4. The van der Waals surface area contributed by atoms with E-state index in [1.54, 1.807) is 7.11 Å². The Morgan fingerprint density at radius 3 is 2.37 bits per heavy atom. The van der Waals surface area contributed by atoms with Crippen molar-refractivity contribution in [3.8, 4) is 11.5 Å². The molecule has 1 heterocycles. The fourth-order valence-corrected chi connectivity index (χ4v) is 4.97. The quantitative estimate of drug-likeness (QED) is 0.690. The molecule has 1 aromatic carbocycles. The van der Waals surface area contributed by atoms with E-state index in [4.69, 9.17) is 9.47 Å². The van der Waals surface area contributed by atoms with Gasteiger partial charge in [-0.25, -0.2) is 0 Å². The summed E-state index contributed by atoms with van der Waals surface area (Å²) in [6, 6.07) is 7.77. The van der Waals surface area contributed by atoms with Crippen LogP contribution >= 0.6 is 0 Å². The molecule has 1 aliphatic heterocycles. The second-order valence-electron chi connectivity index (χ2n) is 8.16. The van der Waals surface area contributed by atoms with Gasteiger partial charge in [-0.2, -0.15) is 0 Å². The van der Waals surface area contributed by atoms with Crippen LogP contribution in [0.3, 0.4) is 0 Å². The van der Waals surface area contributed by atoms with Crippen LogP contribution in [0, 0.1) is 17.8 Å². The molecule has 1 amide bonds. The summed E-state index contributed by atoms with van der Waals surface area (Å²) >= 11 is 0. The Morgan fingerprint density at radius 2 is 1.70 bits per heavy atom. The first kappa shape index (κ1) is 18.6. The summed E-state index contributed by atoms with van der Waals surface area (Å²) in [5.74, 6) is 3.85. The molecule has 0 N–H and O–H groups in total. The van der Waals surface area contributed by atoms with Crippen molar-refractivity contribution in [1.82, 2.24) is 9.80 Å². The van der Waals surface area contributed by atoms with E-state index in [1.165, 1.54) is 25.7 Å². The number of para-hydroxylation sites is 2. The number of nitrogens with zero attached hydrogens (tertiary/aromatic N) is 2. The summed E-state index contributed by atoms with van der Waals surface area (Å²) in [6.07, 6.45) is 6.21. The summed E-state index contributed by atoms with van der Waals surface area (Å²) in [7, 11) is 1.67. The zero-order valence-electron chi connectivity index (χ0n) is 16.4. The molecule has 3 atom stereocenters. The number of benzene rings is 1. The number of rotatable bonds is 7. The van der Waals surface area contributed by atoms with Gasteiger partial charge in [0.1, 0.15) is 0 Å². The van der Waals surface area contributed by atoms with Crippen molar-refractivity contribution in [1.29, 1.82) is 0 Å². The zero-order chi connectivity index (χ0) is 18.6. The average Bonchev–Trinajstić information content (AvgIpc) is 3.46. The molecule has 0 spiro atoms. The van der Waals surface area contributed by atoms with Crippen LogP contribution in [0.15, 0.2) is 24.3 Å².